The second-order valence-electron chi connectivity index (χ2n) is 8.33. The molecule has 0 aromatic heterocycles. The number of ether oxygens (including phenoxy) is 1. The van der Waals surface area contributed by atoms with Gasteiger partial charge in [-0.25, -0.2) is 0 Å². The first-order chi connectivity index (χ1) is 15.1. The fraction of sp³-hybridized carbons (Fsp3) is 0.500. The number of rotatable bonds is 14. The summed E-state index contributed by atoms with van der Waals surface area (Å²) in [5.41, 5.74) is 2.62. The van der Waals surface area contributed by atoms with Gasteiger partial charge in [-0.15, -0.1) is 0 Å². The summed E-state index contributed by atoms with van der Waals surface area (Å²) in [4.78, 5) is 19.5. The third kappa shape index (κ3) is 9.29. The van der Waals surface area contributed by atoms with Crippen molar-refractivity contribution in [3.8, 4) is 0 Å². The molecule has 0 N–H and O–H groups in total. The molecule has 2 aromatic rings. The molecule has 0 radical (unpaired) electrons. The van der Waals surface area contributed by atoms with Gasteiger partial charge in [-0.05, 0) is 5.56 Å². The van der Waals surface area contributed by atoms with E-state index in [1.54, 1.807) is 0 Å². The molecule has 0 aliphatic carbocycles. The van der Waals surface area contributed by atoms with Gasteiger partial charge >= 0.3 is 153 Å². The summed E-state index contributed by atoms with van der Waals surface area (Å²) in [7, 11) is 0. The van der Waals surface area contributed by atoms with Gasteiger partial charge in [0.2, 0.25) is 0 Å². The molecular formula is C26H37IN2O2. The number of carbonyl (C=O) groups excluding carboxylic acids is 1. The monoisotopic (exact) mass is 536 g/mol. The molecule has 1 aliphatic rings. The number of halogens is 1. The summed E-state index contributed by atoms with van der Waals surface area (Å²) < 4.78 is 7.67. The molecule has 31 heavy (non-hydrogen) atoms. The van der Waals surface area contributed by atoms with Crippen molar-refractivity contribution in [2.75, 3.05) is 42.1 Å². The van der Waals surface area contributed by atoms with Crippen LogP contribution >= 0.6 is 19.8 Å². The van der Waals surface area contributed by atoms with Crippen LogP contribution in [0.15, 0.2) is 60.7 Å². The first kappa shape index (κ1) is 24.2. The first-order valence-corrected chi connectivity index (χ1v) is 16.3. The fourth-order valence-corrected chi connectivity index (χ4v) is 8.31. The van der Waals surface area contributed by atoms with E-state index < -0.39 is 19.8 Å². The summed E-state index contributed by atoms with van der Waals surface area (Å²) in [5.74, 6) is -0.0636. The van der Waals surface area contributed by atoms with Crippen molar-refractivity contribution < 1.29 is 9.53 Å². The summed E-state index contributed by atoms with van der Waals surface area (Å²) in [6.45, 7) is 8.13. The van der Waals surface area contributed by atoms with Gasteiger partial charge in [0.25, 0.3) is 0 Å². The van der Waals surface area contributed by atoms with Crippen molar-refractivity contribution in [2.24, 2.45) is 0 Å². The van der Waals surface area contributed by atoms with Crippen molar-refractivity contribution in [1.29, 1.82) is 0 Å². The van der Waals surface area contributed by atoms with Gasteiger partial charge in [0, 0.05) is 0 Å². The summed E-state index contributed by atoms with van der Waals surface area (Å²) >= 11 is -0.669. The van der Waals surface area contributed by atoms with E-state index in [1.807, 2.05) is 6.07 Å². The van der Waals surface area contributed by atoms with Crippen LogP contribution < -0.4 is 0 Å². The number of nitrogens with zero attached hydrogens (tertiary/aromatic N) is 2. The minimum absolute atomic E-state index is 0.0636. The molecule has 4 nitrogen and oxygen atoms in total. The molecule has 5 heteroatoms. The molecule has 1 unspecified atom stereocenters. The Labute approximate surface area is 195 Å². The molecule has 1 atom stereocenters. The average Bonchev–Trinajstić information content (AvgIpc) is 3.50. The van der Waals surface area contributed by atoms with Crippen LogP contribution in [0.2, 0.25) is 0 Å². The van der Waals surface area contributed by atoms with Crippen LogP contribution in [0.4, 0.5) is 0 Å². The van der Waals surface area contributed by atoms with E-state index in [1.165, 1.54) is 15.6 Å². The van der Waals surface area contributed by atoms with E-state index >= 15 is 0 Å². The Morgan fingerprint density at radius 1 is 0.935 bits per heavy atom. The normalized spacial score (nSPS) is 16.6. The van der Waals surface area contributed by atoms with Gasteiger partial charge in [-0.2, -0.15) is 0 Å². The van der Waals surface area contributed by atoms with Crippen molar-refractivity contribution in [3.63, 3.8) is 0 Å². The van der Waals surface area contributed by atoms with E-state index in [-0.39, 0.29) is 5.97 Å². The number of esters is 1. The van der Waals surface area contributed by atoms with E-state index in [4.69, 9.17) is 4.74 Å². The number of alkyl halides is 3. The Hall–Kier alpha value is -1.44. The number of hydrogen-bond donors (Lipinski definition) is 0. The van der Waals surface area contributed by atoms with Crippen molar-refractivity contribution in [2.45, 2.75) is 36.8 Å². The Morgan fingerprint density at radius 2 is 1.45 bits per heavy atom. The molecule has 1 aliphatic heterocycles. The number of unbranched alkanes of at least 4 members (excludes halogenated alkanes) is 1. The van der Waals surface area contributed by atoms with Crippen LogP contribution in [0.3, 0.4) is 0 Å². The molecule has 1 saturated heterocycles. The quantitative estimate of drug-likeness (QED) is 0.150. The zero-order valence-electron chi connectivity index (χ0n) is 19.0. The molecule has 0 amide bonds. The van der Waals surface area contributed by atoms with E-state index in [2.05, 4.69) is 76.3 Å². The molecule has 3 rings (SSSR count). The van der Waals surface area contributed by atoms with Crippen LogP contribution in [0, 0.1) is 0 Å². The third-order valence-corrected chi connectivity index (χ3v) is 10.9. The molecule has 0 bridgehead atoms. The summed E-state index contributed by atoms with van der Waals surface area (Å²) in [6, 6.07) is 21.1. The number of hydrogen-bond acceptors (Lipinski definition) is 4. The Morgan fingerprint density at radius 3 is 1.97 bits per heavy atom. The molecule has 170 valence electrons. The summed E-state index contributed by atoms with van der Waals surface area (Å²) in [5, 5.41) is 0. The van der Waals surface area contributed by atoms with Crippen LogP contribution in [0.25, 0.3) is 0 Å². The van der Waals surface area contributed by atoms with Crippen LogP contribution in [-0.4, -0.2) is 61.8 Å². The van der Waals surface area contributed by atoms with Gasteiger partial charge in [-0.3, -0.25) is 0 Å². The smallest absolute Gasteiger partial charge is 0.0622 e. The molecular weight excluding hydrogens is 499 g/mol. The maximum absolute atomic E-state index is 12.4. The van der Waals surface area contributed by atoms with Crippen LogP contribution in [0.1, 0.15) is 30.9 Å². The minimum Gasteiger partial charge on any atom is -0.0622 e. The molecule has 2 aromatic carbocycles. The second kappa shape index (κ2) is 13.2. The Kier molecular flexibility index (Phi) is 10.3. The molecule has 0 spiro atoms. The predicted molar refractivity (Wildman–Crippen MR) is 138 cm³/mol. The van der Waals surface area contributed by atoms with Gasteiger partial charge in [0.1, 0.15) is 0 Å². The topological polar surface area (TPSA) is 32.8 Å². The van der Waals surface area contributed by atoms with E-state index in [9.17, 15) is 4.79 Å². The zero-order chi connectivity index (χ0) is 21.9. The number of benzene rings is 2. The maximum atomic E-state index is 12.4. The van der Waals surface area contributed by atoms with Crippen molar-refractivity contribution in [1.82, 2.24) is 9.80 Å². The van der Waals surface area contributed by atoms with Gasteiger partial charge in [-0.1, -0.05) is 37.3 Å². The zero-order valence-corrected chi connectivity index (χ0v) is 21.2. The van der Waals surface area contributed by atoms with Gasteiger partial charge in [0.05, 0.1) is 0 Å². The van der Waals surface area contributed by atoms with Crippen LogP contribution in [-0.2, 0) is 22.6 Å². The predicted octanol–water partition coefficient (Wildman–Crippen LogP) is 4.85. The molecule has 0 saturated carbocycles. The van der Waals surface area contributed by atoms with Crippen LogP contribution in [0.5, 0.6) is 0 Å². The molecule has 1 fully saturated rings. The Bertz CT molecular complexity index is 771. The van der Waals surface area contributed by atoms with Crippen molar-refractivity contribution >= 4 is 25.8 Å². The Balaban J connectivity index is 1.43. The van der Waals surface area contributed by atoms with Crippen molar-refractivity contribution in [3.05, 3.63) is 71.8 Å². The van der Waals surface area contributed by atoms with E-state index in [0.717, 1.165) is 49.5 Å². The SMILES string of the molecule is CCN(CCCCN(CC(=O)OCC1CI1C)Cc1ccccc1)Cc1ccccc1. The third-order valence-electron chi connectivity index (χ3n) is 5.76. The summed E-state index contributed by atoms with van der Waals surface area (Å²) in [6.07, 6.45) is 2.21. The van der Waals surface area contributed by atoms with Gasteiger partial charge in [0.15, 0.2) is 0 Å². The number of carbonyl (C=O) groups is 1. The van der Waals surface area contributed by atoms with Gasteiger partial charge < -0.3 is 0 Å². The average molecular weight is 536 g/mol. The minimum atomic E-state index is -0.669. The second-order valence-corrected chi connectivity index (χ2v) is 14.6. The fourth-order valence-electron chi connectivity index (χ4n) is 3.71. The standard InChI is InChI=1S/C26H37IN2O2/c1-3-28(19-23-12-6-4-7-13-23)16-10-11-17-29(20-24-14-8-5-9-15-24)21-26(30)31-22-25-18-27(25)2/h4-9,12-15,25H,3,10-11,16-22H2,1-2H3. The van der Waals surface area contributed by atoms with E-state index in [0.29, 0.717) is 13.2 Å². The molecule has 1 heterocycles. The first-order valence-electron chi connectivity index (χ1n) is 11.4.